The van der Waals surface area contributed by atoms with Crippen LogP contribution in [-0.4, -0.2) is 30.5 Å². The SMILES string of the molecule is CCC1CCC(CN)(OCCO)C1. The van der Waals surface area contributed by atoms with E-state index < -0.39 is 0 Å². The normalized spacial score (nSPS) is 33.9. The molecule has 0 radical (unpaired) electrons. The molecule has 0 aromatic carbocycles. The molecule has 0 aromatic heterocycles. The minimum Gasteiger partial charge on any atom is -0.394 e. The van der Waals surface area contributed by atoms with Crippen LogP contribution in [0.2, 0.25) is 0 Å². The zero-order chi connectivity index (χ0) is 9.73. The molecule has 0 saturated heterocycles. The van der Waals surface area contributed by atoms with Crippen molar-refractivity contribution in [3.63, 3.8) is 0 Å². The van der Waals surface area contributed by atoms with Crippen LogP contribution in [0.1, 0.15) is 32.6 Å². The van der Waals surface area contributed by atoms with Gasteiger partial charge in [0.1, 0.15) is 0 Å². The molecule has 2 atom stereocenters. The molecule has 1 aliphatic rings. The lowest BCUT2D eigenvalue weighted by molar-refractivity contribution is -0.0496. The third-order valence-corrected chi connectivity index (χ3v) is 3.12. The quantitative estimate of drug-likeness (QED) is 0.672. The summed E-state index contributed by atoms with van der Waals surface area (Å²) in [6, 6.07) is 0. The van der Waals surface area contributed by atoms with Crippen LogP contribution in [0.5, 0.6) is 0 Å². The molecule has 3 N–H and O–H groups in total. The number of rotatable bonds is 5. The van der Waals surface area contributed by atoms with Crippen LogP contribution in [0.3, 0.4) is 0 Å². The van der Waals surface area contributed by atoms with E-state index in [0.29, 0.717) is 13.2 Å². The minimum absolute atomic E-state index is 0.0958. The van der Waals surface area contributed by atoms with Crippen molar-refractivity contribution >= 4 is 0 Å². The van der Waals surface area contributed by atoms with Gasteiger partial charge in [0.15, 0.2) is 0 Å². The monoisotopic (exact) mass is 187 g/mol. The highest BCUT2D eigenvalue weighted by Crippen LogP contribution is 2.38. The lowest BCUT2D eigenvalue weighted by Gasteiger charge is -2.27. The largest absolute Gasteiger partial charge is 0.394 e. The van der Waals surface area contributed by atoms with Gasteiger partial charge in [0.05, 0.1) is 18.8 Å². The Morgan fingerprint density at radius 3 is 2.85 bits per heavy atom. The van der Waals surface area contributed by atoms with Gasteiger partial charge in [0, 0.05) is 6.54 Å². The van der Waals surface area contributed by atoms with Gasteiger partial charge in [0.25, 0.3) is 0 Å². The topological polar surface area (TPSA) is 55.5 Å². The summed E-state index contributed by atoms with van der Waals surface area (Å²) < 4.78 is 5.65. The van der Waals surface area contributed by atoms with Gasteiger partial charge in [0.2, 0.25) is 0 Å². The first-order valence-corrected chi connectivity index (χ1v) is 5.21. The van der Waals surface area contributed by atoms with Crippen LogP contribution in [0.15, 0.2) is 0 Å². The first-order valence-electron chi connectivity index (χ1n) is 5.21. The molecule has 0 spiro atoms. The number of aliphatic hydroxyl groups is 1. The Morgan fingerprint density at radius 1 is 1.62 bits per heavy atom. The van der Waals surface area contributed by atoms with Crippen molar-refractivity contribution in [2.75, 3.05) is 19.8 Å². The summed E-state index contributed by atoms with van der Waals surface area (Å²) in [6.45, 7) is 3.32. The van der Waals surface area contributed by atoms with Crippen molar-refractivity contribution in [1.82, 2.24) is 0 Å². The van der Waals surface area contributed by atoms with E-state index in [1.165, 1.54) is 12.8 Å². The second kappa shape index (κ2) is 4.94. The molecular formula is C10H21NO2. The number of hydrogen-bond donors (Lipinski definition) is 2. The Balaban J connectivity index is 2.42. The maximum atomic E-state index is 8.69. The molecular weight excluding hydrogens is 166 g/mol. The average Bonchev–Trinajstić information content (AvgIpc) is 2.59. The second-order valence-corrected chi connectivity index (χ2v) is 3.98. The van der Waals surface area contributed by atoms with Crippen molar-refractivity contribution in [3.05, 3.63) is 0 Å². The van der Waals surface area contributed by atoms with Crippen LogP contribution < -0.4 is 5.73 Å². The van der Waals surface area contributed by atoms with E-state index in [1.54, 1.807) is 0 Å². The third-order valence-electron chi connectivity index (χ3n) is 3.12. The smallest absolute Gasteiger partial charge is 0.0808 e. The highest BCUT2D eigenvalue weighted by Gasteiger charge is 2.37. The van der Waals surface area contributed by atoms with Crippen molar-refractivity contribution < 1.29 is 9.84 Å². The molecule has 0 aromatic rings. The highest BCUT2D eigenvalue weighted by atomic mass is 16.5. The highest BCUT2D eigenvalue weighted by molar-refractivity contribution is 4.91. The molecule has 3 heteroatoms. The van der Waals surface area contributed by atoms with Gasteiger partial charge in [-0.3, -0.25) is 0 Å². The second-order valence-electron chi connectivity index (χ2n) is 3.98. The van der Waals surface area contributed by atoms with E-state index in [2.05, 4.69) is 6.92 Å². The molecule has 1 rings (SSSR count). The summed E-state index contributed by atoms with van der Waals surface area (Å²) in [4.78, 5) is 0. The fraction of sp³-hybridized carbons (Fsp3) is 1.00. The minimum atomic E-state index is -0.122. The number of ether oxygens (including phenoxy) is 1. The average molecular weight is 187 g/mol. The Kier molecular flexibility index (Phi) is 4.16. The van der Waals surface area contributed by atoms with E-state index in [1.807, 2.05) is 0 Å². The summed E-state index contributed by atoms with van der Waals surface area (Å²) >= 11 is 0. The molecule has 0 heterocycles. The molecule has 1 aliphatic carbocycles. The third kappa shape index (κ3) is 2.66. The molecule has 1 fully saturated rings. The van der Waals surface area contributed by atoms with Gasteiger partial charge < -0.3 is 15.6 Å². The van der Waals surface area contributed by atoms with E-state index in [-0.39, 0.29) is 12.2 Å². The molecule has 0 bridgehead atoms. The summed E-state index contributed by atoms with van der Waals surface area (Å²) in [6.07, 6.45) is 4.56. The molecule has 3 nitrogen and oxygen atoms in total. The zero-order valence-electron chi connectivity index (χ0n) is 8.46. The lowest BCUT2D eigenvalue weighted by Crippen LogP contribution is -2.39. The Hall–Kier alpha value is -0.120. The number of hydrogen-bond acceptors (Lipinski definition) is 3. The summed E-state index contributed by atoms with van der Waals surface area (Å²) in [5.74, 6) is 0.766. The molecule has 0 aliphatic heterocycles. The zero-order valence-corrected chi connectivity index (χ0v) is 8.46. The molecule has 2 unspecified atom stereocenters. The standard InChI is InChI=1S/C10H21NO2/c1-2-9-3-4-10(7-9,8-11)13-6-5-12/h9,12H,2-8,11H2,1H3. The van der Waals surface area contributed by atoms with E-state index >= 15 is 0 Å². The van der Waals surface area contributed by atoms with Gasteiger partial charge >= 0.3 is 0 Å². The number of aliphatic hydroxyl groups excluding tert-OH is 1. The van der Waals surface area contributed by atoms with Crippen LogP contribution in [0.25, 0.3) is 0 Å². The van der Waals surface area contributed by atoms with Gasteiger partial charge in [-0.05, 0) is 25.2 Å². The number of nitrogens with two attached hydrogens (primary N) is 1. The van der Waals surface area contributed by atoms with Crippen LogP contribution in [-0.2, 0) is 4.74 Å². The van der Waals surface area contributed by atoms with Gasteiger partial charge in [-0.2, -0.15) is 0 Å². The molecule has 78 valence electrons. The Morgan fingerprint density at radius 2 is 2.38 bits per heavy atom. The molecule has 1 saturated carbocycles. The van der Waals surface area contributed by atoms with Crippen molar-refractivity contribution in [2.24, 2.45) is 11.7 Å². The van der Waals surface area contributed by atoms with E-state index in [9.17, 15) is 0 Å². The fourth-order valence-electron chi connectivity index (χ4n) is 2.18. The van der Waals surface area contributed by atoms with Gasteiger partial charge in [-0.15, -0.1) is 0 Å². The van der Waals surface area contributed by atoms with Crippen LogP contribution in [0.4, 0.5) is 0 Å². The predicted octanol–water partition coefficient (Wildman–Crippen LogP) is 0.903. The predicted molar refractivity (Wildman–Crippen MR) is 52.5 cm³/mol. The van der Waals surface area contributed by atoms with Crippen molar-refractivity contribution in [2.45, 2.75) is 38.2 Å². The van der Waals surface area contributed by atoms with Gasteiger partial charge in [-0.1, -0.05) is 13.3 Å². The Labute approximate surface area is 80.3 Å². The van der Waals surface area contributed by atoms with E-state index in [0.717, 1.165) is 18.8 Å². The van der Waals surface area contributed by atoms with Crippen molar-refractivity contribution in [3.8, 4) is 0 Å². The van der Waals surface area contributed by atoms with Crippen molar-refractivity contribution in [1.29, 1.82) is 0 Å². The first-order chi connectivity index (χ1) is 6.26. The molecule has 13 heavy (non-hydrogen) atoms. The summed E-state index contributed by atoms with van der Waals surface area (Å²) in [7, 11) is 0. The maximum Gasteiger partial charge on any atom is 0.0808 e. The summed E-state index contributed by atoms with van der Waals surface area (Å²) in [5, 5.41) is 8.69. The molecule has 0 amide bonds. The summed E-state index contributed by atoms with van der Waals surface area (Å²) in [5.41, 5.74) is 5.60. The van der Waals surface area contributed by atoms with Crippen LogP contribution in [0, 0.1) is 5.92 Å². The van der Waals surface area contributed by atoms with Gasteiger partial charge in [-0.25, -0.2) is 0 Å². The lowest BCUT2D eigenvalue weighted by atomic mass is 9.99. The first kappa shape index (κ1) is 11.0. The van der Waals surface area contributed by atoms with Crippen LogP contribution >= 0.6 is 0 Å². The fourth-order valence-corrected chi connectivity index (χ4v) is 2.18. The Bertz CT molecular complexity index is 152. The maximum absolute atomic E-state index is 8.69. The van der Waals surface area contributed by atoms with E-state index in [4.69, 9.17) is 15.6 Å².